The molecule has 1 aliphatic rings. The van der Waals surface area contributed by atoms with Gasteiger partial charge in [-0.25, -0.2) is 9.97 Å². The highest BCUT2D eigenvalue weighted by Gasteiger charge is 2.28. The van der Waals surface area contributed by atoms with E-state index < -0.39 is 0 Å². The number of hydrogen-bond acceptors (Lipinski definition) is 6. The molecule has 0 bridgehead atoms. The highest BCUT2D eigenvalue weighted by molar-refractivity contribution is 5.70. The molecule has 7 nitrogen and oxygen atoms in total. The Bertz CT molecular complexity index is 455. The number of nitrogens with zero attached hydrogens (tertiary/aromatic N) is 5. The molecule has 2 heterocycles. The molecule has 0 aliphatic carbocycles. The first-order chi connectivity index (χ1) is 9.11. The molecule has 0 amide bonds. The lowest BCUT2D eigenvalue weighted by atomic mass is 10.2. The number of anilines is 2. The van der Waals surface area contributed by atoms with Crippen molar-refractivity contribution in [3.8, 4) is 0 Å². The van der Waals surface area contributed by atoms with E-state index in [9.17, 15) is 10.1 Å². The van der Waals surface area contributed by atoms with Crippen molar-refractivity contribution in [3.63, 3.8) is 0 Å². The molecule has 1 aliphatic heterocycles. The van der Waals surface area contributed by atoms with Gasteiger partial charge in [-0.3, -0.25) is 10.1 Å². The largest absolute Gasteiger partial charge is 0.357 e. The van der Waals surface area contributed by atoms with Gasteiger partial charge in [0.15, 0.2) is 0 Å². The molecule has 0 N–H and O–H groups in total. The van der Waals surface area contributed by atoms with E-state index in [1.54, 1.807) is 19.0 Å². The van der Waals surface area contributed by atoms with Gasteiger partial charge in [-0.15, -0.1) is 0 Å². The summed E-state index contributed by atoms with van der Waals surface area (Å²) in [5, 5.41) is 11.3. The second kappa shape index (κ2) is 5.81. The monoisotopic (exact) mass is 265 g/mol. The zero-order valence-corrected chi connectivity index (χ0v) is 11.4. The van der Waals surface area contributed by atoms with Crippen molar-refractivity contribution in [1.29, 1.82) is 0 Å². The normalized spacial score (nSPS) is 16.0. The molecule has 0 aromatic carbocycles. The molecule has 0 radical (unpaired) electrons. The molecule has 1 aromatic rings. The smallest absolute Gasteiger partial charge is 0.353 e. The first kappa shape index (κ1) is 13.5. The molecule has 1 aromatic heterocycles. The predicted molar refractivity (Wildman–Crippen MR) is 73.7 cm³/mol. The van der Waals surface area contributed by atoms with Crippen molar-refractivity contribution in [3.05, 3.63) is 16.4 Å². The molecular formula is C12H19N5O2. The molecule has 7 heteroatoms. The third-order valence-corrected chi connectivity index (χ3v) is 3.30. The van der Waals surface area contributed by atoms with E-state index in [4.69, 9.17) is 0 Å². The minimum atomic E-state index is -0.379. The molecule has 19 heavy (non-hydrogen) atoms. The van der Waals surface area contributed by atoms with Gasteiger partial charge in [0.1, 0.15) is 6.33 Å². The standard InChI is InChI=1S/C12H19N5O2/c1-15(2)11-10(17(18)19)12(14-9-13-11)16-7-5-3-4-6-8-16/h9H,3-8H2,1-2H3. The lowest BCUT2D eigenvalue weighted by Gasteiger charge is -2.22. The van der Waals surface area contributed by atoms with Crippen LogP contribution in [0.4, 0.5) is 17.3 Å². The Morgan fingerprint density at radius 1 is 1.21 bits per heavy atom. The molecule has 0 saturated carbocycles. The molecule has 1 fully saturated rings. The second-order valence-electron chi connectivity index (χ2n) is 4.92. The van der Waals surface area contributed by atoms with Crippen molar-refractivity contribution in [2.45, 2.75) is 25.7 Å². The predicted octanol–water partition coefficient (Wildman–Crippen LogP) is 1.83. The summed E-state index contributed by atoms with van der Waals surface area (Å²) in [4.78, 5) is 22.8. The molecule has 0 spiro atoms. The van der Waals surface area contributed by atoms with Gasteiger partial charge in [-0.2, -0.15) is 0 Å². The Kier molecular flexibility index (Phi) is 4.13. The Balaban J connectivity index is 2.43. The van der Waals surface area contributed by atoms with Gasteiger partial charge in [-0.1, -0.05) is 12.8 Å². The van der Waals surface area contributed by atoms with E-state index in [-0.39, 0.29) is 10.6 Å². The summed E-state index contributed by atoms with van der Waals surface area (Å²) in [7, 11) is 3.50. The number of aromatic nitrogens is 2. The molecule has 0 atom stereocenters. The summed E-state index contributed by atoms with van der Waals surface area (Å²) in [5.74, 6) is 0.810. The van der Waals surface area contributed by atoms with E-state index in [1.165, 1.54) is 19.2 Å². The van der Waals surface area contributed by atoms with Gasteiger partial charge in [0, 0.05) is 27.2 Å². The summed E-state index contributed by atoms with van der Waals surface area (Å²) in [6.45, 7) is 1.65. The van der Waals surface area contributed by atoms with Crippen LogP contribution in [0.3, 0.4) is 0 Å². The zero-order valence-electron chi connectivity index (χ0n) is 11.4. The van der Waals surface area contributed by atoms with Crippen molar-refractivity contribution in [2.24, 2.45) is 0 Å². The number of nitro groups is 1. The van der Waals surface area contributed by atoms with Gasteiger partial charge in [0.2, 0.25) is 11.6 Å². The van der Waals surface area contributed by atoms with Crippen LogP contribution < -0.4 is 9.80 Å². The Hall–Kier alpha value is -1.92. The highest BCUT2D eigenvalue weighted by atomic mass is 16.6. The summed E-state index contributed by atoms with van der Waals surface area (Å²) in [6.07, 6.45) is 5.87. The van der Waals surface area contributed by atoms with E-state index in [0.29, 0.717) is 11.6 Å². The van der Waals surface area contributed by atoms with Crippen LogP contribution in [0.15, 0.2) is 6.33 Å². The van der Waals surface area contributed by atoms with Crippen LogP contribution in [0.2, 0.25) is 0 Å². The van der Waals surface area contributed by atoms with Gasteiger partial charge < -0.3 is 9.80 Å². The minimum absolute atomic E-state index is 0.00870. The Labute approximate surface area is 112 Å². The summed E-state index contributed by atoms with van der Waals surface area (Å²) >= 11 is 0. The molecule has 0 unspecified atom stereocenters. The van der Waals surface area contributed by atoms with Crippen LogP contribution in [-0.2, 0) is 0 Å². The average Bonchev–Trinajstić information content (AvgIpc) is 2.66. The number of rotatable bonds is 3. The molecule has 1 saturated heterocycles. The average molecular weight is 265 g/mol. The maximum atomic E-state index is 11.3. The van der Waals surface area contributed by atoms with Crippen LogP contribution in [0.5, 0.6) is 0 Å². The summed E-state index contributed by atoms with van der Waals surface area (Å²) in [6, 6.07) is 0. The van der Waals surface area contributed by atoms with Crippen LogP contribution in [0.25, 0.3) is 0 Å². The van der Waals surface area contributed by atoms with E-state index >= 15 is 0 Å². The van der Waals surface area contributed by atoms with Gasteiger partial charge in [0.25, 0.3) is 0 Å². The molecule has 2 rings (SSSR count). The van der Waals surface area contributed by atoms with Gasteiger partial charge in [0.05, 0.1) is 4.92 Å². The Morgan fingerprint density at radius 3 is 2.37 bits per heavy atom. The highest BCUT2D eigenvalue weighted by Crippen LogP contribution is 2.33. The zero-order chi connectivity index (χ0) is 13.8. The van der Waals surface area contributed by atoms with Crippen molar-refractivity contribution < 1.29 is 4.92 Å². The molecular weight excluding hydrogens is 246 g/mol. The first-order valence-electron chi connectivity index (χ1n) is 6.53. The van der Waals surface area contributed by atoms with Crippen LogP contribution in [0.1, 0.15) is 25.7 Å². The SMILES string of the molecule is CN(C)c1ncnc(N2CCCCCC2)c1[N+](=O)[O-]. The number of hydrogen-bond donors (Lipinski definition) is 0. The van der Waals surface area contributed by atoms with Crippen molar-refractivity contribution in [1.82, 2.24) is 9.97 Å². The fraction of sp³-hybridized carbons (Fsp3) is 0.667. The summed E-state index contributed by atoms with van der Waals surface area (Å²) in [5.41, 5.74) is 0.00870. The maximum Gasteiger partial charge on any atom is 0.353 e. The fourth-order valence-electron chi connectivity index (χ4n) is 2.37. The van der Waals surface area contributed by atoms with E-state index in [2.05, 4.69) is 9.97 Å². The van der Waals surface area contributed by atoms with E-state index in [0.717, 1.165) is 25.9 Å². The van der Waals surface area contributed by atoms with Gasteiger partial charge >= 0.3 is 5.69 Å². The maximum absolute atomic E-state index is 11.3. The second-order valence-corrected chi connectivity index (χ2v) is 4.92. The van der Waals surface area contributed by atoms with Gasteiger partial charge in [-0.05, 0) is 12.8 Å². The van der Waals surface area contributed by atoms with Crippen LogP contribution in [-0.4, -0.2) is 42.1 Å². The van der Waals surface area contributed by atoms with Crippen molar-refractivity contribution in [2.75, 3.05) is 37.0 Å². The third-order valence-electron chi connectivity index (χ3n) is 3.30. The quantitative estimate of drug-likeness (QED) is 0.613. The lowest BCUT2D eigenvalue weighted by Crippen LogP contribution is -2.27. The van der Waals surface area contributed by atoms with Crippen LogP contribution >= 0.6 is 0 Å². The first-order valence-corrected chi connectivity index (χ1v) is 6.53. The third kappa shape index (κ3) is 2.91. The van der Waals surface area contributed by atoms with E-state index in [1.807, 2.05) is 4.90 Å². The summed E-state index contributed by atoms with van der Waals surface area (Å²) < 4.78 is 0. The molecule has 104 valence electrons. The topological polar surface area (TPSA) is 75.4 Å². The Morgan fingerprint density at radius 2 is 1.84 bits per heavy atom. The fourth-order valence-corrected chi connectivity index (χ4v) is 2.37. The lowest BCUT2D eigenvalue weighted by molar-refractivity contribution is -0.383. The van der Waals surface area contributed by atoms with Crippen LogP contribution in [0, 0.1) is 10.1 Å². The minimum Gasteiger partial charge on any atom is -0.357 e. The van der Waals surface area contributed by atoms with Crippen molar-refractivity contribution >= 4 is 17.3 Å².